The van der Waals surface area contributed by atoms with E-state index in [-0.39, 0.29) is 5.54 Å². The van der Waals surface area contributed by atoms with Crippen LogP contribution in [0, 0.1) is 0 Å². The fourth-order valence-electron chi connectivity index (χ4n) is 1.18. The number of rotatable bonds is 4. The van der Waals surface area contributed by atoms with Gasteiger partial charge in [0.25, 0.3) is 0 Å². The van der Waals surface area contributed by atoms with Crippen molar-refractivity contribution in [1.29, 1.82) is 0 Å². The van der Waals surface area contributed by atoms with Crippen molar-refractivity contribution in [3.63, 3.8) is 0 Å². The first-order valence-electron chi connectivity index (χ1n) is 4.77. The third-order valence-electron chi connectivity index (χ3n) is 1.87. The monoisotopic (exact) mass is 181 g/mol. The van der Waals surface area contributed by atoms with Gasteiger partial charge >= 0.3 is 0 Å². The van der Waals surface area contributed by atoms with Crippen molar-refractivity contribution in [1.82, 2.24) is 4.90 Å². The Morgan fingerprint density at radius 1 is 1.00 bits per heavy atom. The van der Waals surface area contributed by atoms with Gasteiger partial charge in [0.1, 0.15) is 0 Å². The molecule has 0 heterocycles. The van der Waals surface area contributed by atoms with Crippen LogP contribution in [-0.4, -0.2) is 23.5 Å². The molecule has 0 amide bonds. The molecule has 0 spiro atoms. The van der Waals surface area contributed by atoms with E-state index in [0.717, 1.165) is 13.1 Å². The van der Waals surface area contributed by atoms with Crippen molar-refractivity contribution in [3.8, 4) is 0 Å². The van der Waals surface area contributed by atoms with Crippen LogP contribution in [0.25, 0.3) is 0 Å². The van der Waals surface area contributed by atoms with Crippen molar-refractivity contribution < 1.29 is 0 Å². The predicted octanol–water partition coefficient (Wildman–Crippen LogP) is 3.24. The zero-order valence-corrected chi connectivity index (χ0v) is 9.78. The Bertz CT molecular complexity index is 180. The first kappa shape index (κ1) is 12.4. The van der Waals surface area contributed by atoms with Crippen LogP contribution < -0.4 is 0 Å². The first-order chi connectivity index (χ1) is 5.73. The second-order valence-electron chi connectivity index (χ2n) is 4.94. The van der Waals surface area contributed by atoms with Gasteiger partial charge in [-0.2, -0.15) is 0 Å². The summed E-state index contributed by atoms with van der Waals surface area (Å²) in [6, 6.07) is 0. The minimum Gasteiger partial charge on any atom is -0.291 e. The van der Waals surface area contributed by atoms with Crippen molar-refractivity contribution >= 4 is 0 Å². The van der Waals surface area contributed by atoms with E-state index in [1.165, 1.54) is 11.1 Å². The van der Waals surface area contributed by atoms with Crippen LogP contribution in [0.5, 0.6) is 0 Å². The van der Waals surface area contributed by atoms with Crippen LogP contribution in [0.3, 0.4) is 0 Å². The molecular formula is C12H23N. The fourth-order valence-corrected chi connectivity index (χ4v) is 1.18. The highest BCUT2D eigenvalue weighted by atomic mass is 15.2. The zero-order valence-electron chi connectivity index (χ0n) is 9.78. The molecule has 0 saturated carbocycles. The topological polar surface area (TPSA) is 3.24 Å². The molecule has 0 aromatic heterocycles. The van der Waals surface area contributed by atoms with Gasteiger partial charge in [0, 0.05) is 18.6 Å². The summed E-state index contributed by atoms with van der Waals surface area (Å²) in [5.74, 6) is 0. The van der Waals surface area contributed by atoms with Crippen molar-refractivity contribution in [3.05, 3.63) is 24.3 Å². The van der Waals surface area contributed by atoms with Gasteiger partial charge in [-0.3, -0.25) is 4.90 Å². The molecule has 0 aromatic rings. The molecule has 0 atom stereocenters. The SMILES string of the molecule is C=C(C)CN(CC(=C)C)C(C)(C)C. The number of hydrogen-bond acceptors (Lipinski definition) is 1. The largest absolute Gasteiger partial charge is 0.291 e. The lowest BCUT2D eigenvalue weighted by atomic mass is 10.0. The smallest absolute Gasteiger partial charge is 0.0196 e. The average molecular weight is 181 g/mol. The molecular weight excluding hydrogens is 158 g/mol. The normalized spacial score (nSPS) is 11.8. The summed E-state index contributed by atoms with van der Waals surface area (Å²) in [5.41, 5.74) is 2.60. The minimum absolute atomic E-state index is 0.192. The Balaban J connectivity index is 4.37. The van der Waals surface area contributed by atoms with Crippen molar-refractivity contribution in [2.45, 2.75) is 40.2 Å². The molecule has 0 saturated heterocycles. The van der Waals surface area contributed by atoms with Gasteiger partial charge in [-0.1, -0.05) is 24.3 Å². The lowest BCUT2D eigenvalue weighted by molar-refractivity contribution is 0.165. The van der Waals surface area contributed by atoms with Crippen LogP contribution in [0.15, 0.2) is 24.3 Å². The van der Waals surface area contributed by atoms with E-state index in [9.17, 15) is 0 Å². The highest BCUT2D eigenvalue weighted by molar-refractivity contribution is 5.00. The average Bonchev–Trinajstić information content (AvgIpc) is 1.81. The molecule has 13 heavy (non-hydrogen) atoms. The number of nitrogens with zero attached hydrogens (tertiary/aromatic N) is 1. The molecule has 1 nitrogen and oxygen atoms in total. The van der Waals surface area contributed by atoms with Gasteiger partial charge < -0.3 is 0 Å². The van der Waals surface area contributed by atoms with E-state index in [1.54, 1.807) is 0 Å². The predicted molar refractivity (Wildman–Crippen MR) is 61.0 cm³/mol. The molecule has 0 fully saturated rings. The summed E-state index contributed by atoms with van der Waals surface area (Å²) in [5, 5.41) is 0. The van der Waals surface area contributed by atoms with Crippen LogP contribution >= 0.6 is 0 Å². The maximum atomic E-state index is 3.94. The van der Waals surface area contributed by atoms with Gasteiger partial charge in [-0.15, -0.1) is 0 Å². The molecule has 1 heteroatoms. The highest BCUT2D eigenvalue weighted by Gasteiger charge is 2.20. The number of hydrogen-bond donors (Lipinski definition) is 0. The lowest BCUT2D eigenvalue weighted by Crippen LogP contribution is -2.43. The first-order valence-corrected chi connectivity index (χ1v) is 4.77. The summed E-state index contributed by atoms with van der Waals surface area (Å²) >= 11 is 0. The molecule has 0 bridgehead atoms. The Morgan fingerprint density at radius 2 is 1.31 bits per heavy atom. The second-order valence-corrected chi connectivity index (χ2v) is 4.94. The third kappa shape index (κ3) is 5.64. The maximum absolute atomic E-state index is 3.94. The standard InChI is InChI=1S/C12H23N/c1-10(2)8-13(9-11(3)4)12(5,6)7/h1,3,8-9H2,2,4-7H3. The second kappa shape index (κ2) is 4.61. The highest BCUT2D eigenvalue weighted by Crippen LogP contribution is 2.15. The Kier molecular flexibility index (Phi) is 4.41. The summed E-state index contributed by atoms with van der Waals surface area (Å²) in [7, 11) is 0. The maximum Gasteiger partial charge on any atom is 0.0196 e. The van der Waals surface area contributed by atoms with Crippen LogP contribution in [-0.2, 0) is 0 Å². The van der Waals surface area contributed by atoms with Gasteiger partial charge in [-0.25, -0.2) is 0 Å². The van der Waals surface area contributed by atoms with Gasteiger partial charge in [-0.05, 0) is 34.6 Å². The van der Waals surface area contributed by atoms with Gasteiger partial charge in [0.05, 0.1) is 0 Å². The van der Waals surface area contributed by atoms with Gasteiger partial charge in [0.2, 0.25) is 0 Å². The van der Waals surface area contributed by atoms with Crippen LogP contribution in [0.4, 0.5) is 0 Å². The summed E-state index contributed by atoms with van der Waals surface area (Å²) < 4.78 is 0. The van der Waals surface area contributed by atoms with Crippen molar-refractivity contribution in [2.75, 3.05) is 13.1 Å². The van der Waals surface area contributed by atoms with E-state index in [4.69, 9.17) is 0 Å². The fraction of sp³-hybridized carbons (Fsp3) is 0.667. The molecule has 76 valence electrons. The minimum atomic E-state index is 0.192. The van der Waals surface area contributed by atoms with E-state index in [2.05, 4.69) is 52.7 Å². The van der Waals surface area contributed by atoms with E-state index < -0.39 is 0 Å². The summed E-state index contributed by atoms with van der Waals surface area (Å²) in [6.07, 6.45) is 0. The molecule has 0 aliphatic carbocycles. The summed E-state index contributed by atoms with van der Waals surface area (Å²) in [4.78, 5) is 2.39. The Morgan fingerprint density at radius 3 is 1.46 bits per heavy atom. The van der Waals surface area contributed by atoms with E-state index in [0.29, 0.717) is 0 Å². The molecule has 0 N–H and O–H groups in total. The quantitative estimate of drug-likeness (QED) is 0.602. The molecule has 0 aliphatic rings. The molecule has 0 radical (unpaired) electrons. The summed E-state index contributed by atoms with van der Waals surface area (Å²) in [6.45, 7) is 20.6. The van der Waals surface area contributed by atoms with E-state index in [1.807, 2.05) is 0 Å². The van der Waals surface area contributed by atoms with Crippen molar-refractivity contribution in [2.24, 2.45) is 0 Å². The molecule has 0 rings (SSSR count). The Labute approximate surface area is 83.1 Å². The Hall–Kier alpha value is -0.560. The third-order valence-corrected chi connectivity index (χ3v) is 1.87. The van der Waals surface area contributed by atoms with Gasteiger partial charge in [0.15, 0.2) is 0 Å². The lowest BCUT2D eigenvalue weighted by Gasteiger charge is -2.36. The molecule has 0 aliphatic heterocycles. The van der Waals surface area contributed by atoms with Crippen LogP contribution in [0.2, 0.25) is 0 Å². The zero-order chi connectivity index (χ0) is 10.6. The molecule has 0 aromatic carbocycles. The van der Waals surface area contributed by atoms with Crippen LogP contribution in [0.1, 0.15) is 34.6 Å². The molecule has 0 unspecified atom stereocenters. The van der Waals surface area contributed by atoms with E-state index >= 15 is 0 Å².